The number of ether oxygens (including phenoxy) is 1. The molecule has 1 heterocycles. The molecule has 1 aliphatic rings. The summed E-state index contributed by atoms with van der Waals surface area (Å²) in [5.41, 5.74) is 2.37. The van der Waals surface area contributed by atoms with Crippen LogP contribution < -0.4 is 0 Å². The van der Waals surface area contributed by atoms with E-state index in [9.17, 15) is 0 Å². The Morgan fingerprint density at radius 3 is 2.31 bits per heavy atom. The topological polar surface area (TPSA) is 29.5 Å². The lowest BCUT2D eigenvalue weighted by Gasteiger charge is -2.33. The minimum Gasteiger partial charge on any atom is -0.392 e. The summed E-state index contributed by atoms with van der Waals surface area (Å²) in [5.74, 6) is 1.50. The van der Waals surface area contributed by atoms with E-state index in [1.54, 1.807) is 0 Å². The van der Waals surface area contributed by atoms with Gasteiger partial charge in [-0.15, -0.1) is 0 Å². The molecule has 0 aliphatic carbocycles. The third-order valence-electron chi connectivity index (χ3n) is 2.84. The number of hydrogen-bond acceptors (Lipinski definition) is 3. The quantitative estimate of drug-likeness (QED) is 0.579. The summed E-state index contributed by atoms with van der Waals surface area (Å²) >= 11 is 3.79. The Hall–Kier alpha value is 0.0100. The van der Waals surface area contributed by atoms with Crippen LogP contribution in [0.5, 0.6) is 0 Å². The highest BCUT2D eigenvalue weighted by atomic mass is 32.1. The normalized spacial score (nSPS) is 25.5. The summed E-state index contributed by atoms with van der Waals surface area (Å²) in [6, 6.07) is 0. The summed E-state index contributed by atoms with van der Waals surface area (Å²) in [6.07, 6.45) is 1.38. The molecule has 1 rings (SSSR count). The van der Waals surface area contributed by atoms with E-state index in [4.69, 9.17) is 9.84 Å². The highest BCUT2D eigenvalue weighted by Gasteiger charge is 2.26. The summed E-state index contributed by atoms with van der Waals surface area (Å²) < 4.78 is 5.80. The van der Waals surface area contributed by atoms with Crippen molar-refractivity contribution in [2.45, 2.75) is 53.2 Å². The minimum absolute atomic E-state index is 0.0890. The van der Waals surface area contributed by atoms with Crippen molar-refractivity contribution in [2.24, 2.45) is 5.92 Å². The largest absolute Gasteiger partial charge is 0.392 e. The van der Waals surface area contributed by atoms with Gasteiger partial charge in [0.25, 0.3) is 0 Å². The van der Waals surface area contributed by atoms with Gasteiger partial charge in [0.15, 0.2) is 0 Å². The summed E-state index contributed by atoms with van der Waals surface area (Å²) in [5, 5.41) is 9.12. The van der Waals surface area contributed by atoms with Gasteiger partial charge < -0.3 is 9.84 Å². The van der Waals surface area contributed by atoms with Crippen molar-refractivity contribution in [1.29, 1.82) is 0 Å². The average molecular weight is 246 g/mol. The van der Waals surface area contributed by atoms with Gasteiger partial charge in [0.2, 0.25) is 0 Å². The van der Waals surface area contributed by atoms with Crippen LogP contribution in [0.25, 0.3) is 0 Å². The first kappa shape index (κ1) is 16.0. The number of aliphatic hydroxyl groups is 1. The molecule has 0 fully saturated rings. The molecule has 1 aliphatic heterocycles. The fourth-order valence-electron chi connectivity index (χ4n) is 1.83. The first-order valence-electron chi connectivity index (χ1n) is 6.03. The van der Waals surface area contributed by atoms with E-state index in [0.717, 1.165) is 17.7 Å². The van der Waals surface area contributed by atoms with Gasteiger partial charge in [0.1, 0.15) is 0 Å². The lowest BCUT2D eigenvalue weighted by molar-refractivity contribution is -0.0250. The van der Waals surface area contributed by atoms with Gasteiger partial charge in [-0.3, -0.25) is 0 Å². The van der Waals surface area contributed by atoms with Gasteiger partial charge in [-0.2, -0.15) is 12.6 Å². The van der Waals surface area contributed by atoms with Crippen molar-refractivity contribution in [1.82, 2.24) is 0 Å². The van der Waals surface area contributed by atoms with Gasteiger partial charge in [-0.1, -0.05) is 26.3 Å². The van der Waals surface area contributed by atoms with Crippen LogP contribution in [0.3, 0.4) is 0 Å². The molecule has 2 atom stereocenters. The number of hydrogen-bond donors (Lipinski definition) is 2. The van der Waals surface area contributed by atoms with E-state index in [-0.39, 0.29) is 12.7 Å². The molecule has 0 spiro atoms. The fraction of sp³-hybridized carbons (Fsp3) is 0.846. The third-order valence-corrected chi connectivity index (χ3v) is 2.84. The average Bonchev–Trinajstić information content (AvgIpc) is 2.18. The second-order valence-electron chi connectivity index (χ2n) is 4.54. The van der Waals surface area contributed by atoms with E-state index in [1.807, 2.05) is 13.8 Å². The molecule has 0 radical (unpaired) electrons. The van der Waals surface area contributed by atoms with Crippen molar-refractivity contribution >= 4 is 12.6 Å². The second-order valence-corrected chi connectivity index (χ2v) is 5.18. The highest BCUT2D eigenvalue weighted by Crippen LogP contribution is 2.28. The van der Waals surface area contributed by atoms with Crippen molar-refractivity contribution in [3.05, 3.63) is 11.1 Å². The Morgan fingerprint density at radius 2 is 2.00 bits per heavy atom. The molecule has 2 nitrogen and oxygen atoms in total. The zero-order chi connectivity index (χ0) is 12.7. The SMILES string of the molecule is CC1=C(CO)C(C)OC(C(C)C)C1.CCS. The Morgan fingerprint density at radius 1 is 1.50 bits per heavy atom. The fourth-order valence-corrected chi connectivity index (χ4v) is 1.83. The molecule has 96 valence electrons. The lowest BCUT2D eigenvalue weighted by atomic mass is 9.91. The van der Waals surface area contributed by atoms with E-state index >= 15 is 0 Å². The van der Waals surface area contributed by atoms with Crippen molar-refractivity contribution in [3.63, 3.8) is 0 Å². The zero-order valence-electron chi connectivity index (χ0n) is 11.2. The van der Waals surface area contributed by atoms with Crippen LogP contribution in [0.2, 0.25) is 0 Å². The van der Waals surface area contributed by atoms with Gasteiger partial charge in [-0.05, 0) is 37.5 Å². The maximum Gasteiger partial charge on any atom is 0.0785 e. The predicted molar refractivity (Wildman–Crippen MR) is 73.1 cm³/mol. The lowest BCUT2D eigenvalue weighted by Crippen LogP contribution is -2.32. The third kappa shape index (κ3) is 4.89. The molecule has 0 aromatic rings. The van der Waals surface area contributed by atoms with Crippen LogP contribution in [-0.2, 0) is 4.74 Å². The van der Waals surface area contributed by atoms with Crippen molar-refractivity contribution in [3.8, 4) is 0 Å². The number of rotatable bonds is 2. The monoisotopic (exact) mass is 246 g/mol. The van der Waals surface area contributed by atoms with E-state index in [1.165, 1.54) is 5.57 Å². The standard InChI is InChI=1S/C11H20O2.C2H6S/c1-7(2)11-5-8(3)10(6-12)9(4)13-11;1-2-3/h7,9,11-12H,5-6H2,1-4H3;3H,2H2,1H3. The zero-order valence-corrected chi connectivity index (χ0v) is 12.1. The Labute approximate surface area is 105 Å². The number of aliphatic hydroxyl groups excluding tert-OH is 1. The molecule has 0 saturated heterocycles. The summed E-state index contributed by atoms with van der Waals surface area (Å²) in [4.78, 5) is 0. The molecule has 0 bridgehead atoms. The van der Waals surface area contributed by atoms with Gasteiger partial charge in [0.05, 0.1) is 18.8 Å². The summed E-state index contributed by atoms with van der Waals surface area (Å²) in [6.45, 7) is 10.6. The van der Waals surface area contributed by atoms with Crippen LogP contribution in [0.4, 0.5) is 0 Å². The van der Waals surface area contributed by atoms with Crippen molar-refractivity contribution in [2.75, 3.05) is 12.4 Å². The Bertz CT molecular complexity index is 224. The minimum atomic E-state index is 0.0890. The first-order chi connectivity index (χ1) is 7.47. The molecule has 0 saturated carbocycles. The first-order valence-corrected chi connectivity index (χ1v) is 6.66. The predicted octanol–water partition coefficient (Wildman–Crippen LogP) is 3.06. The van der Waals surface area contributed by atoms with Crippen LogP contribution in [-0.4, -0.2) is 29.7 Å². The summed E-state index contributed by atoms with van der Waals surface area (Å²) in [7, 11) is 0. The number of thiol groups is 1. The highest BCUT2D eigenvalue weighted by molar-refractivity contribution is 7.80. The van der Waals surface area contributed by atoms with Crippen molar-refractivity contribution < 1.29 is 9.84 Å². The van der Waals surface area contributed by atoms with Crippen LogP contribution in [0, 0.1) is 5.92 Å². The van der Waals surface area contributed by atoms with E-state index in [0.29, 0.717) is 12.0 Å². The van der Waals surface area contributed by atoms with Crippen LogP contribution >= 0.6 is 12.6 Å². The Kier molecular flexibility index (Phi) is 8.16. The Balaban J connectivity index is 0.000000673. The molecular weight excluding hydrogens is 220 g/mol. The molecule has 16 heavy (non-hydrogen) atoms. The van der Waals surface area contributed by atoms with E-state index < -0.39 is 0 Å². The molecule has 2 unspecified atom stereocenters. The van der Waals surface area contributed by atoms with Gasteiger partial charge in [-0.25, -0.2) is 0 Å². The van der Waals surface area contributed by atoms with Crippen LogP contribution in [0.1, 0.15) is 41.0 Å². The van der Waals surface area contributed by atoms with Gasteiger partial charge in [0, 0.05) is 0 Å². The van der Waals surface area contributed by atoms with E-state index in [2.05, 4.69) is 33.4 Å². The maximum absolute atomic E-state index is 9.12. The second kappa shape index (κ2) is 8.15. The molecule has 0 amide bonds. The molecule has 0 aromatic heterocycles. The molecule has 3 heteroatoms. The van der Waals surface area contributed by atoms with Crippen LogP contribution in [0.15, 0.2) is 11.1 Å². The molecular formula is C13H26O2S. The van der Waals surface area contributed by atoms with Gasteiger partial charge >= 0.3 is 0 Å². The maximum atomic E-state index is 9.12. The smallest absolute Gasteiger partial charge is 0.0785 e. The molecule has 1 N–H and O–H groups in total. The molecule has 0 aromatic carbocycles.